The van der Waals surface area contributed by atoms with Crippen LogP contribution < -0.4 is 5.32 Å². The highest BCUT2D eigenvalue weighted by atomic mass is 16.5. The summed E-state index contributed by atoms with van der Waals surface area (Å²) < 4.78 is 6.69. The van der Waals surface area contributed by atoms with E-state index in [1.165, 1.54) is 13.3 Å². The lowest BCUT2D eigenvalue weighted by Crippen LogP contribution is -2.06. The Balaban J connectivity index is 2.10. The number of esters is 1. The normalized spacial score (nSPS) is 10.4. The summed E-state index contributed by atoms with van der Waals surface area (Å²) in [6.07, 6.45) is 4.00. The van der Waals surface area contributed by atoms with Crippen molar-refractivity contribution in [3.8, 4) is 6.07 Å². The largest absolute Gasteiger partial charge is 0.465 e. The highest BCUT2D eigenvalue weighted by Gasteiger charge is 2.16. The maximum atomic E-state index is 11.9. The molecule has 0 fully saturated rings. The molecule has 0 aliphatic heterocycles. The fourth-order valence-electron chi connectivity index (χ4n) is 2.63. The summed E-state index contributed by atoms with van der Waals surface area (Å²) in [5.74, 6) is 0.110. The predicted octanol–water partition coefficient (Wildman–Crippen LogP) is 3.24. The number of carbonyl (C=O) groups is 1. The summed E-state index contributed by atoms with van der Waals surface area (Å²) in [6.45, 7) is 2.82. The zero-order valence-electron chi connectivity index (χ0n) is 14.0. The van der Waals surface area contributed by atoms with Crippen LogP contribution in [-0.4, -0.2) is 27.8 Å². The number of anilines is 2. The van der Waals surface area contributed by atoms with Gasteiger partial charge in [-0.15, -0.1) is 0 Å². The fraction of sp³-hybridized carbons (Fsp3) is 0.222. The maximum absolute atomic E-state index is 11.9. The number of nitrogens with zero attached hydrogens (tertiary/aromatic N) is 4. The van der Waals surface area contributed by atoms with Gasteiger partial charge in [-0.25, -0.2) is 4.79 Å². The number of aryl methyl sites for hydroxylation is 1. The number of fused-ring (bicyclic) bond motifs is 1. The summed E-state index contributed by atoms with van der Waals surface area (Å²) in [7, 11) is 1.33. The molecule has 0 spiro atoms. The molecule has 0 saturated heterocycles. The van der Waals surface area contributed by atoms with Crippen LogP contribution in [0, 0.1) is 11.3 Å². The summed E-state index contributed by atoms with van der Waals surface area (Å²) >= 11 is 0. The van der Waals surface area contributed by atoms with Crippen LogP contribution in [0.5, 0.6) is 0 Å². The van der Waals surface area contributed by atoms with Crippen LogP contribution in [0.4, 0.5) is 11.5 Å². The third-order valence-corrected chi connectivity index (χ3v) is 3.79. The average molecular weight is 335 g/mol. The highest BCUT2D eigenvalue weighted by Crippen LogP contribution is 2.28. The molecule has 25 heavy (non-hydrogen) atoms. The maximum Gasteiger partial charge on any atom is 0.340 e. The number of hydrogen-bond acceptors (Lipinski definition) is 6. The SMILES string of the molecule is CCCn1nc(Nc2cnccc2C(=O)OC)c2cc(C#N)ccc21. The Hall–Kier alpha value is -3.40. The van der Waals surface area contributed by atoms with Gasteiger partial charge in [0.25, 0.3) is 0 Å². The van der Waals surface area contributed by atoms with Crippen molar-refractivity contribution >= 4 is 28.4 Å². The summed E-state index contributed by atoms with van der Waals surface area (Å²) in [6, 6.07) is 9.15. The van der Waals surface area contributed by atoms with E-state index in [0.29, 0.717) is 22.6 Å². The third kappa shape index (κ3) is 3.15. The van der Waals surface area contributed by atoms with Gasteiger partial charge in [0.05, 0.1) is 41.7 Å². The van der Waals surface area contributed by atoms with Gasteiger partial charge in [-0.1, -0.05) is 6.92 Å². The van der Waals surface area contributed by atoms with E-state index in [2.05, 4.69) is 28.4 Å². The molecule has 2 aromatic heterocycles. The molecule has 0 unspecified atom stereocenters. The molecule has 1 N–H and O–H groups in total. The number of hydrogen-bond donors (Lipinski definition) is 1. The van der Waals surface area contributed by atoms with Crippen molar-refractivity contribution < 1.29 is 9.53 Å². The second kappa shape index (κ2) is 7.01. The van der Waals surface area contributed by atoms with Crippen LogP contribution in [0.2, 0.25) is 0 Å². The Bertz CT molecular complexity index is 971. The van der Waals surface area contributed by atoms with Gasteiger partial charge in [-0.3, -0.25) is 9.67 Å². The minimum atomic E-state index is -0.458. The molecule has 0 aliphatic carbocycles. The first-order valence-electron chi connectivity index (χ1n) is 7.88. The molecule has 7 heteroatoms. The number of aromatic nitrogens is 3. The molecular weight excluding hydrogens is 318 g/mol. The van der Waals surface area contributed by atoms with Gasteiger partial charge in [-0.2, -0.15) is 10.4 Å². The van der Waals surface area contributed by atoms with Crippen molar-refractivity contribution in [2.45, 2.75) is 19.9 Å². The van der Waals surface area contributed by atoms with Crippen LogP contribution >= 0.6 is 0 Å². The number of ether oxygens (including phenoxy) is 1. The van der Waals surface area contributed by atoms with E-state index < -0.39 is 5.97 Å². The topological polar surface area (TPSA) is 92.8 Å². The molecule has 0 radical (unpaired) electrons. The van der Waals surface area contributed by atoms with E-state index in [1.807, 2.05) is 10.7 Å². The third-order valence-electron chi connectivity index (χ3n) is 3.79. The number of nitrogens with one attached hydrogen (secondary N) is 1. The van der Waals surface area contributed by atoms with Gasteiger partial charge in [0.2, 0.25) is 0 Å². The monoisotopic (exact) mass is 335 g/mol. The minimum absolute atomic E-state index is 0.368. The van der Waals surface area contributed by atoms with Gasteiger partial charge in [0.15, 0.2) is 5.82 Å². The van der Waals surface area contributed by atoms with E-state index in [-0.39, 0.29) is 0 Å². The van der Waals surface area contributed by atoms with E-state index in [0.717, 1.165) is 23.9 Å². The first-order valence-corrected chi connectivity index (χ1v) is 7.88. The van der Waals surface area contributed by atoms with Crippen molar-refractivity contribution in [1.82, 2.24) is 14.8 Å². The Kier molecular flexibility index (Phi) is 4.61. The quantitative estimate of drug-likeness (QED) is 0.720. The van der Waals surface area contributed by atoms with E-state index in [4.69, 9.17) is 10.00 Å². The second-order valence-corrected chi connectivity index (χ2v) is 5.45. The Morgan fingerprint density at radius 1 is 1.40 bits per heavy atom. The Morgan fingerprint density at radius 2 is 2.24 bits per heavy atom. The fourth-order valence-corrected chi connectivity index (χ4v) is 2.63. The average Bonchev–Trinajstić information content (AvgIpc) is 2.98. The van der Waals surface area contributed by atoms with Crippen LogP contribution in [0.1, 0.15) is 29.3 Å². The number of rotatable bonds is 5. The first kappa shape index (κ1) is 16.5. The van der Waals surface area contributed by atoms with Gasteiger partial charge in [0.1, 0.15) is 0 Å². The molecule has 0 aliphatic rings. The van der Waals surface area contributed by atoms with Crippen molar-refractivity contribution in [1.29, 1.82) is 5.26 Å². The zero-order valence-corrected chi connectivity index (χ0v) is 14.0. The Morgan fingerprint density at radius 3 is 2.96 bits per heavy atom. The molecule has 0 amide bonds. The van der Waals surface area contributed by atoms with Crippen molar-refractivity contribution in [2.24, 2.45) is 0 Å². The molecule has 0 saturated carbocycles. The van der Waals surface area contributed by atoms with E-state index >= 15 is 0 Å². The van der Waals surface area contributed by atoms with Crippen LogP contribution in [0.3, 0.4) is 0 Å². The van der Waals surface area contributed by atoms with E-state index in [1.54, 1.807) is 24.4 Å². The molecule has 0 bridgehead atoms. The summed E-state index contributed by atoms with van der Waals surface area (Å²) in [5.41, 5.74) is 2.34. The van der Waals surface area contributed by atoms with Gasteiger partial charge >= 0.3 is 5.97 Å². The number of pyridine rings is 1. The molecule has 3 aromatic rings. The standard InChI is InChI=1S/C18H17N5O2/c1-3-8-23-16-5-4-12(10-19)9-14(16)17(22-23)21-15-11-20-7-6-13(15)18(24)25-2/h4-7,9,11H,3,8H2,1-2H3,(H,21,22). The molecule has 2 heterocycles. The van der Waals surface area contributed by atoms with Gasteiger partial charge in [-0.05, 0) is 30.7 Å². The van der Waals surface area contributed by atoms with E-state index in [9.17, 15) is 4.79 Å². The van der Waals surface area contributed by atoms with Crippen LogP contribution in [-0.2, 0) is 11.3 Å². The number of methoxy groups -OCH3 is 1. The molecular formula is C18H17N5O2. The number of nitriles is 1. The predicted molar refractivity (Wildman–Crippen MR) is 93.6 cm³/mol. The zero-order chi connectivity index (χ0) is 17.8. The summed E-state index contributed by atoms with van der Waals surface area (Å²) in [4.78, 5) is 16.0. The van der Waals surface area contributed by atoms with Crippen molar-refractivity contribution in [2.75, 3.05) is 12.4 Å². The Labute approximate surface area is 144 Å². The highest BCUT2D eigenvalue weighted by molar-refractivity contribution is 5.98. The molecule has 7 nitrogen and oxygen atoms in total. The van der Waals surface area contributed by atoms with Gasteiger partial charge in [0, 0.05) is 18.1 Å². The first-order chi connectivity index (χ1) is 12.2. The lowest BCUT2D eigenvalue weighted by Gasteiger charge is -2.08. The van der Waals surface area contributed by atoms with Crippen LogP contribution in [0.25, 0.3) is 10.9 Å². The molecule has 126 valence electrons. The van der Waals surface area contributed by atoms with Crippen molar-refractivity contribution in [3.63, 3.8) is 0 Å². The van der Waals surface area contributed by atoms with Gasteiger partial charge < -0.3 is 10.1 Å². The second-order valence-electron chi connectivity index (χ2n) is 5.45. The number of carbonyl (C=O) groups excluding carboxylic acids is 1. The lowest BCUT2D eigenvalue weighted by molar-refractivity contribution is 0.0602. The van der Waals surface area contributed by atoms with Crippen molar-refractivity contribution in [3.05, 3.63) is 47.8 Å². The molecule has 3 rings (SSSR count). The lowest BCUT2D eigenvalue weighted by atomic mass is 10.1. The smallest absolute Gasteiger partial charge is 0.340 e. The molecule has 1 aromatic carbocycles. The summed E-state index contributed by atoms with van der Waals surface area (Å²) in [5, 5.41) is 17.7. The van der Waals surface area contributed by atoms with Crippen LogP contribution in [0.15, 0.2) is 36.7 Å². The molecule has 0 atom stereocenters. The minimum Gasteiger partial charge on any atom is -0.465 e. The number of benzene rings is 1.